The first-order valence-corrected chi connectivity index (χ1v) is 12.9. The highest BCUT2D eigenvalue weighted by atomic mass is 16.3. The normalized spacial score (nSPS) is 31.8. The molecule has 2 bridgehead atoms. The van der Waals surface area contributed by atoms with Gasteiger partial charge in [0.25, 0.3) is 5.91 Å². The van der Waals surface area contributed by atoms with E-state index in [0.29, 0.717) is 23.4 Å². The van der Waals surface area contributed by atoms with Crippen LogP contribution in [0.1, 0.15) is 55.6 Å². The van der Waals surface area contributed by atoms with Crippen LogP contribution < -0.4 is 10.2 Å². The first-order valence-electron chi connectivity index (χ1n) is 12.9. The summed E-state index contributed by atoms with van der Waals surface area (Å²) in [4.78, 5) is 22.7. The summed E-state index contributed by atoms with van der Waals surface area (Å²) in [7, 11) is 0. The maximum Gasteiger partial charge on any atom is 0.270 e. The molecule has 2 aliphatic carbocycles. The van der Waals surface area contributed by atoms with Gasteiger partial charge in [0.1, 0.15) is 11.5 Å². The van der Waals surface area contributed by atoms with E-state index in [4.69, 9.17) is 4.98 Å². The number of pyridine rings is 1. The van der Waals surface area contributed by atoms with E-state index < -0.39 is 5.60 Å². The van der Waals surface area contributed by atoms with Gasteiger partial charge in [-0.3, -0.25) is 9.69 Å². The third kappa shape index (κ3) is 5.28. The molecule has 1 aromatic heterocycles. The van der Waals surface area contributed by atoms with E-state index in [1.165, 1.54) is 5.56 Å². The lowest BCUT2D eigenvalue weighted by atomic mass is 9.61. The number of piperazine rings is 1. The molecule has 5 atom stereocenters. The van der Waals surface area contributed by atoms with Crippen LogP contribution in [0.2, 0.25) is 0 Å². The standard InChI is InChI=1S/C28H38N4O2/c1-20-15-22-16-23(18-28(2,34)17-22)26(20)30-27(33)24-9-6-10-25(29-24)32-13-11-31(12-14-32)19-21-7-4-3-5-8-21/h3-10,20,22-23,26,34H,11-19H2,1-2H3,(H,30,33)/t20?,22?,23?,26-,28+/m1/s1. The van der Waals surface area contributed by atoms with Crippen LogP contribution >= 0.6 is 0 Å². The molecule has 1 aromatic carbocycles. The van der Waals surface area contributed by atoms with Crippen molar-refractivity contribution < 1.29 is 9.90 Å². The highest BCUT2D eigenvalue weighted by Crippen LogP contribution is 2.46. The zero-order valence-electron chi connectivity index (χ0n) is 20.5. The number of nitrogens with zero attached hydrogens (tertiary/aromatic N) is 3. The Balaban J connectivity index is 1.20. The van der Waals surface area contributed by atoms with Crippen molar-refractivity contribution >= 4 is 11.7 Å². The summed E-state index contributed by atoms with van der Waals surface area (Å²) in [5, 5.41) is 14.0. The molecule has 3 unspecified atom stereocenters. The minimum atomic E-state index is -0.614. The van der Waals surface area contributed by atoms with Gasteiger partial charge in [-0.1, -0.05) is 43.3 Å². The maximum absolute atomic E-state index is 13.2. The highest BCUT2D eigenvalue weighted by Gasteiger charge is 2.45. The van der Waals surface area contributed by atoms with Crippen molar-refractivity contribution in [2.24, 2.45) is 17.8 Å². The summed E-state index contributed by atoms with van der Waals surface area (Å²) >= 11 is 0. The second-order valence-corrected chi connectivity index (χ2v) is 11.1. The van der Waals surface area contributed by atoms with Gasteiger partial charge in [0, 0.05) is 38.8 Å². The van der Waals surface area contributed by atoms with E-state index in [-0.39, 0.29) is 11.9 Å². The molecule has 182 valence electrons. The number of carbonyl (C=O) groups is 1. The SMILES string of the molecule is CC1CC2CC(C[C@@](C)(O)C2)[C@@H]1NC(=O)c1cccc(N2CCN(Cc3ccccc3)CC2)n1. The fourth-order valence-corrected chi connectivity index (χ4v) is 6.64. The Labute approximate surface area is 203 Å². The van der Waals surface area contributed by atoms with Gasteiger partial charge in [-0.25, -0.2) is 4.98 Å². The first-order chi connectivity index (χ1) is 16.4. The molecule has 2 saturated carbocycles. The van der Waals surface area contributed by atoms with E-state index in [1.54, 1.807) is 0 Å². The Morgan fingerprint density at radius 2 is 1.82 bits per heavy atom. The van der Waals surface area contributed by atoms with Gasteiger partial charge in [0.15, 0.2) is 0 Å². The van der Waals surface area contributed by atoms with Crippen molar-refractivity contribution in [2.75, 3.05) is 31.1 Å². The summed E-state index contributed by atoms with van der Waals surface area (Å²) in [6.45, 7) is 8.94. The highest BCUT2D eigenvalue weighted by molar-refractivity contribution is 5.92. The molecule has 2 N–H and O–H groups in total. The summed E-state index contributed by atoms with van der Waals surface area (Å²) in [6.07, 6.45) is 3.82. The largest absolute Gasteiger partial charge is 0.390 e. The zero-order chi connectivity index (χ0) is 23.7. The van der Waals surface area contributed by atoms with Gasteiger partial charge in [-0.2, -0.15) is 0 Å². The Morgan fingerprint density at radius 1 is 1.06 bits per heavy atom. The molecule has 2 heterocycles. The van der Waals surface area contributed by atoms with Crippen molar-refractivity contribution in [1.29, 1.82) is 0 Å². The van der Waals surface area contributed by atoms with E-state index in [1.807, 2.05) is 25.1 Å². The third-order valence-corrected chi connectivity index (χ3v) is 8.10. The quantitative estimate of drug-likeness (QED) is 0.709. The number of rotatable bonds is 5. The fourth-order valence-electron chi connectivity index (χ4n) is 6.64. The first kappa shape index (κ1) is 23.3. The number of aliphatic hydroxyl groups is 1. The number of hydrogen-bond donors (Lipinski definition) is 2. The van der Waals surface area contributed by atoms with Crippen LogP contribution in [0.15, 0.2) is 48.5 Å². The van der Waals surface area contributed by atoms with Gasteiger partial charge in [-0.05, 0) is 68.1 Å². The lowest BCUT2D eigenvalue weighted by Crippen LogP contribution is -2.54. The van der Waals surface area contributed by atoms with Crippen LogP contribution in [0.25, 0.3) is 0 Å². The van der Waals surface area contributed by atoms with Crippen LogP contribution in [0.4, 0.5) is 5.82 Å². The molecule has 3 aliphatic rings. The smallest absolute Gasteiger partial charge is 0.270 e. The Bertz CT molecular complexity index is 985. The van der Waals surface area contributed by atoms with E-state index in [0.717, 1.165) is 64.2 Å². The molecule has 6 heteroatoms. The molecular weight excluding hydrogens is 424 g/mol. The Hall–Kier alpha value is -2.44. The van der Waals surface area contributed by atoms with Crippen molar-refractivity contribution in [1.82, 2.24) is 15.2 Å². The number of fused-ring (bicyclic) bond motifs is 2. The third-order valence-electron chi connectivity index (χ3n) is 8.10. The van der Waals surface area contributed by atoms with Gasteiger partial charge in [-0.15, -0.1) is 0 Å². The molecule has 34 heavy (non-hydrogen) atoms. The van der Waals surface area contributed by atoms with Gasteiger partial charge >= 0.3 is 0 Å². The van der Waals surface area contributed by atoms with E-state index >= 15 is 0 Å². The van der Waals surface area contributed by atoms with Crippen molar-refractivity contribution in [3.8, 4) is 0 Å². The van der Waals surface area contributed by atoms with Crippen LogP contribution in [-0.2, 0) is 6.54 Å². The number of carbonyl (C=O) groups excluding carboxylic acids is 1. The van der Waals surface area contributed by atoms with Gasteiger partial charge in [0.05, 0.1) is 5.60 Å². The monoisotopic (exact) mass is 462 g/mol. The van der Waals surface area contributed by atoms with Gasteiger partial charge in [0.2, 0.25) is 0 Å². The molecule has 5 rings (SSSR count). The number of benzene rings is 1. The Morgan fingerprint density at radius 3 is 2.59 bits per heavy atom. The summed E-state index contributed by atoms with van der Waals surface area (Å²) < 4.78 is 0. The number of aromatic nitrogens is 1. The fraction of sp³-hybridized carbons (Fsp3) is 0.571. The summed E-state index contributed by atoms with van der Waals surface area (Å²) in [5.74, 6) is 2.11. The second-order valence-electron chi connectivity index (χ2n) is 11.1. The molecule has 0 spiro atoms. The molecule has 1 aliphatic heterocycles. The van der Waals surface area contributed by atoms with Crippen LogP contribution in [-0.4, -0.2) is 58.7 Å². The zero-order valence-corrected chi connectivity index (χ0v) is 20.5. The molecule has 1 amide bonds. The van der Waals surface area contributed by atoms with Gasteiger partial charge < -0.3 is 15.3 Å². The summed E-state index contributed by atoms with van der Waals surface area (Å²) in [5.41, 5.74) is 1.22. The molecule has 1 saturated heterocycles. The molecule has 0 radical (unpaired) electrons. The average Bonchev–Trinajstić information content (AvgIpc) is 2.82. The number of anilines is 1. The minimum Gasteiger partial charge on any atom is -0.390 e. The van der Waals surface area contributed by atoms with E-state index in [9.17, 15) is 9.90 Å². The molecule has 2 aromatic rings. The number of hydrogen-bond acceptors (Lipinski definition) is 5. The number of amides is 1. The predicted octanol–water partition coefficient (Wildman–Crippen LogP) is 3.71. The van der Waals surface area contributed by atoms with E-state index in [2.05, 4.69) is 52.4 Å². The summed E-state index contributed by atoms with van der Waals surface area (Å²) in [6, 6.07) is 16.5. The average molecular weight is 463 g/mol. The molecule has 3 fully saturated rings. The van der Waals surface area contributed by atoms with Crippen molar-refractivity contribution in [2.45, 2.75) is 57.7 Å². The number of nitrogens with one attached hydrogen (secondary N) is 1. The van der Waals surface area contributed by atoms with Crippen molar-refractivity contribution in [3.63, 3.8) is 0 Å². The lowest BCUT2D eigenvalue weighted by Gasteiger charge is -2.49. The maximum atomic E-state index is 13.2. The topological polar surface area (TPSA) is 68.7 Å². The van der Waals surface area contributed by atoms with Crippen LogP contribution in [0.5, 0.6) is 0 Å². The second kappa shape index (κ2) is 9.67. The lowest BCUT2D eigenvalue weighted by molar-refractivity contribution is -0.0569. The minimum absolute atomic E-state index is 0.0925. The molecular formula is C28H38N4O2. The predicted molar refractivity (Wildman–Crippen MR) is 135 cm³/mol. The van der Waals surface area contributed by atoms with Crippen molar-refractivity contribution in [3.05, 3.63) is 59.8 Å². The Kier molecular flexibility index (Phi) is 6.63. The van der Waals surface area contributed by atoms with Crippen LogP contribution in [0.3, 0.4) is 0 Å². The molecule has 6 nitrogen and oxygen atoms in total. The van der Waals surface area contributed by atoms with Crippen LogP contribution in [0, 0.1) is 17.8 Å².